The van der Waals surface area contributed by atoms with Gasteiger partial charge in [0.1, 0.15) is 5.56 Å². The summed E-state index contributed by atoms with van der Waals surface area (Å²) < 4.78 is 5.42. The van der Waals surface area contributed by atoms with Crippen molar-refractivity contribution in [3.05, 3.63) is 77.0 Å². The van der Waals surface area contributed by atoms with Gasteiger partial charge in [-0.05, 0) is 67.1 Å². The molecule has 0 atom stereocenters. The number of nitrogens with one attached hydrogen (secondary N) is 3. The Hall–Kier alpha value is -3.45. The summed E-state index contributed by atoms with van der Waals surface area (Å²) in [5.41, 5.74) is 2.92. The van der Waals surface area contributed by atoms with Gasteiger partial charge in [-0.2, -0.15) is 0 Å². The summed E-state index contributed by atoms with van der Waals surface area (Å²) in [6, 6.07) is 13.3. The quantitative estimate of drug-likeness (QED) is 0.561. The molecule has 2 aromatic heterocycles. The summed E-state index contributed by atoms with van der Waals surface area (Å²) in [4.78, 5) is 32.1. The van der Waals surface area contributed by atoms with Crippen molar-refractivity contribution in [1.82, 2.24) is 9.97 Å². The standard InChI is InChI=1S/C24H26N4O3/c1-31-20-8-6-18(7-9-20)27-21-12-15-26-23(29)22(21)24(30)28-19-4-2-16(3-5-19)17-10-13-25-14-11-17/h2-5,10-15,18,20H,6-9H2,1H3,(H,28,30)(H2,26,27,29). The largest absolute Gasteiger partial charge is 0.381 e. The number of amides is 1. The first-order valence-corrected chi connectivity index (χ1v) is 10.5. The summed E-state index contributed by atoms with van der Waals surface area (Å²) in [6.07, 6.45) is 9.12. The molecule has 2 heterocycles. The molecule has 3 aromatic rings. The van der Waals surface area contributed by atoms with Crippen LogP contribution in [0, 0.1) is 0 Å². The maximum absolute atomic E-state index is 13.0. The zero-order valence-electron chi connectivity index (χ0n) is 17.4. The van der Waals surface area contributed by atoms with Gasteiger partial charge in [0.05, 0.1) is 11.8 Å². The van der Waals surface area contributed by atoms with Crippen molar-refractivity contribution in [3.63, 3.8) is 0 Å². The Labute approximate surface area is 180 Å². The van der Waals surface area contributed by atoms with Gasteiger partial charge < -0.3 is 20.4 Å². The molecule has 3 N–H and O–H groups in total. The van der Waals surface area contributed by atoms with Crippen LogP contribution in [0.4, 0.5) is 11.4 Å². The van der Waals surface area contributed by atoms with Crippen LogP contribution in [0.25, 0.3) is 11.1 Å². The molecule has 1 amide bonds. The molecule has 0 radical (unpaired) electrons. The van der Waals surface area contributed by atoms with Crippen LogP contribution in [-0.2, 0) is 4.74 Å². The number of hydrogen-bond donors (Lipinski definition) is 3. The molecule has 160 valence electrons. The molecule has 7 nitrogen and oxygen atoms in total. The second-order valence-electron chi connectivity index (χ2n) is 7.72. The van der Waals surface area contributed by atoms with Gasteiger partial charge in [0.15, 0.2) is 0 Å². The molecule has 0 aliphatic heterocycles. The molecule has 1 fully saturated rings. The Kier molecular flexibility index (Phi) is 6.43. The van der Waals surface area contributed by atoms with Crippen LogP contribution >= 0.6 is 0 Å². The number of anilines is 2. The SMILES string of the molecule is COC1CCC(Nc2cc[nH]c(=O)c2C(=O)Nc2ccc(-c3ccncc3)cc2)CC1. The number of carbonyl (C=O) groups excluding carboxylic acids is 1. The maximum atomic E-state index is 13.0. The highest BCUT2D eigenvalue weighted by molar-refractivity contribution is 6.07. The highest BCUT2D eigenvalue weighted by atomic mass is 16.5. The van der Waals surface area contributed by atoms with E-state index in [0.717, 1.165) is 36.8 Å². The first-order valence-electron chi connectivity index (χ1n) is 10.5. The first-order chi connectivity index (χ1) is 15.1. The number of carbonyl (C=O) groups is 1. The fraction of sp³-hybridized carbons (Fsp3) is 0.292. The lowest BCUT2D eigenvalue weighted by Gasteiger charge is -2.29. The van der Waals surface area contributed by atoms with Crippen molar-refractivity contribution in [3.8, 4) is 11.1 Å². The van der Waals surface area contributed by atoms with Gasteiger partial charge in [-0.15, -0.1) is 0 Å². The number of aromatic amines is 1. The van der Waals surface area contributed by atoms with Crippen LogP contribution in [0.5, 0.6) is 0 Å². The molecule has 1 aromatic carbocycles. The number of methoxy groups -OCH3 is 1. The highest BCUT2D eigenvalue weighted by Crippen LogP contribution is 2.25. The summed E-state index contributed by atoms with van der Waals surface area (Å²) in [5.74, 6) is -0.438. The monoisotopic (exact) mass is 418 g/mol. The predicted molar refractivity (Wildman–Crippen MR) is 121 cm³/mol. The van der Waals surface area contributed by atoms with Crippen LogP contribution < -0.4 is 16.2 Å². The van der Waals surface area contributed by atoms with Crippen LogP contribution in [0.2, 0.25) is 0 Å². The molecule has 0 bridgehead atoms. The predicted octanol–water partition coefficient (Wildman–Crippen LogP) is 4.06. The van der Waals surface area contributed by atoms with Crippen molar-refractivity contribution in [2.24, 2.45) is 0 Å². The molecule has 1 saturated carbocycles. The number of benzene rings is 1. The minimum Gasteiger partial charge on any atom is -0.381 e. The summed E-state index contributed by atoms with van der Waals surface area (Å²) in [7, 11) is 1.74. The second-order valence-corrected chi connectivity index (χ2v) is 7.72. The zero-order valence-corrected chi connectivity index (χ0v) is 17.4. The van der Waals surface area contributed by atoms with E-state index in [0.29, 0.717) is 11.4 Å². The van der Waals surface area contributed by atoms with Crippen molar-refractivity contribution in [2.45, 2.75) is 37.8 Å². The molecular weight excluding hydrogens is 392 g/mol. The average molecular weight is 418 g/mol. The van der Waals surface area contributed by atoms with E-state index < -0.39 is 11.5 Å². The summed E-state index contributed by atoms with van der Waals surface area (Å²) in [5, 5.41) is 6.23. The number of pyridine rings is 2. The van der Waals surface area contributed by atoms with E-state index in [-0.39, 0.29) is 17.7 Å². The highest BCUT2D eigenvalue weighted by Gasteiger charge is 2.23. The lowest BCUT2D eigenvalue weighted by molar-refractivity contribution is 0.0681. The first kappa shape index (κ1) is 20.8. The van der Waals surface area contributed by atoms with Gasteiger partial charge in [-0.3, -0.25) is 14.6 Å². The number of aromatic nitrogens is 2. The van der Waals surface area contributed by atoms with Crippen LogP contribution in [0.1, 0.15) is 36.0 Å². The average Bonchev–Trinajstić information content (AvgIpc) is 2.81. The lowest BCUT2D eigenvalue weighted by atomic mass is 9.92. The van der Waals surface area contributed by atoms with Gasteiger partial charge in [0, 0.05) is 37.4 Å². The molecule has 1 aliphatic carbocycles. The Balaban J connectivity index is 1.48. The van der Waals surface area contributed by atoms with E-state index in [4.69, 9.17) is 4.74 Å². The molecular formula is C24H26N4O3. The van der Waals surface area contributed by atoms with E-state index in [1.54, 1.807) is 31.8 Å². The Morgan fingerprint density at radius 2 is 1.68 bits per heavy atom. The number of ether oxygens (including phenoxy) is 1. The van der Waals surface area contributed by atoms with Gasteiger partial charge in [0.2, 0.25) is 0 Å². The number of H-pyrrole nitrogens is 1. The summed E-state index contributed by atoms with van der Waals surface area (Å²) in [6.45, 7) is 0. The van der Waals surface area contributed by atoms with Crippen LogP contribution in [-0.4, -0.2) is 35.1 Å². The van der Waals surface area contributed by atoms with Crippen molar-refractivity contribution < 1.29 is 9.53 Å². The topological polar surface area (TPSA) is 96.1 Å². The molecule has 7 heteroatoms. The minimum absolute atomic E-state index is 0.0922. The van der Waals surface area contributed by atoms with Crippen LogP contribution in [0.15, 0.2) is 65.8 Å². The van der Waals surface area contributed by atoms with Gasteiger partial charge in [0.25, 0.3) is 11.5 Å². The zero-order chi connectivity index (χ0) is 21.6. The maximum Gasteiger partial charge on any atom is 0.263 e. The van der Waals surface area contributed by atoms with Crippen molar-refractivity contribution in [2.75, 3.05) is 17.7 Å². The van der Waals surface area contributed by atoms with Gasteiger partial charge in [-0.25, -0.2) is 0 Å². The molecule has 4 rings (SSSR count). The Morgan fingerprint density at radius 1 is 1.00 bits per heavy atom. The molecule has 0 saturated heterocycles. The molecule has 0 spiro atoms. The molecule has 0 unspecified atom stereocenters. The van der Waals surface area contributed by atoms with Gasteiger partial charge >= 0.3 is 0 Å². The minimum atomic E-state index is -0.438. The van der Waals surface area contributed by atoms with Crippen molar-refractivity contribution >= 4 is 17.3 Å². The smallest absolute Gasteiger partial charge is 0.263 e. The Bertz CT molecular complexity index is 1070. The van der Waals surface area contributed by atoms with E-state index >= 15 is 0 Å². The third-order valence-corrected chi connectivity index (χ3v) is 5.71. The van der Waals surface area contributed by atoms with E-state index in [1.165, 1.54) is 0 Å². The lowest BCUT2D eigenvalue weighted by Crippen LogP contribution is -2.32. The van der Waals surface area contributed by atoms with Gasteiger partial charge in [-0.1, -0.05) is 12.1 Å². The Morgan fingerprint density at radius 3 is 2.35 bits per heavy atom. The third kappa shape index (κ3) is 5.00. The van der Waals surface area contributed by atoms with E-state index in [9.17, 15) is 9.59 Å². The fourth-order valence-corrected chi connectivity index (χ4v) is 3.97. The van der Waals surface area contributed by atoms with E-state index in [2.05, 4.69) is 20.6 Å². The number of rotatable bonds is 6. The summed E-state index contributed by atoms with van der Waals surface area (Å²) >= 11 is 0. The van der Waals surface area contributed by atoms with Crippen LogP contribution in [0.3, 0.4) is 0 Å². The third-order valence-electron chi connectivity index (χ3n) is 5.71. The normalized spacial score (nSPS) is 18.4. The second kappa shape index (κ2) is 9.57. The fourth-order valence-electron chi connectivity index (χ4n) is 3.97. The number of hydrogen-bond acceptors (Lipinski definition) is 5. The number of nitrogens with zero attached hydrogens (tertiary/aromatic N) is 1. The van der Waals surface area contributed by atoms with E-state index in [1.807, 2.05) is 36.4 Å². The molecule has 31 heavy (non-hydrogen) atoms. The molecule has 1 aliphatic rings. The van der Waals surface area contributed by atoms with Crippen molar-refractivity contribution in [1.29, 1.82) is 0 Å².